The van der Waals surface area contributed by atoms with Crippen molar-refractivity contribution in [2.45, 2.75) is 58.0 Å². The minimum absolute atomic E-state index is 0.125. The van der Waals surface area contributed by atoms with E-state index in [0.29, 0.717) is 12.6 Å². The molecule has 1 N–H and O–H groups in total. The molecule has 0 amide bonds. The van der Waals surface area contributed by atoms with E-state index in [-0.39, 0.29) is 11.9 Å². The number of rotatable bonds is 6. The van der Waals surface area contributed by atoms with Crippen molar-refractivity contribution in [3.63, 3.8) is 0 Å². The van der Waals surface area contributed by atoms with Gasteiger partial charge in [0.25, 0.3) is 0 Å². The van der Waals surface area contributed by atoms with Crippen molar-refractivity contribution in [2.24, 2.45) is 5.92 Å². The van der Waals surface area contributed by atoms with Crippen LogP contribution >= 0.6 is 0 Å². The Hall–Kier alpha value is -1.35. The molecule has 116 valence electrons. The predicted molar refractivity (Wildman–Crippen MR) is 85.0 cm³/mol. The van der Waals surface area contributed by atoms with Gasteiger partial charge in [-0.2, -0.15) is 0 Å². The van der Waals surface area contributed by atoms with Crippen LogP contribution in [0.15, 0.2) is 30.3 Å². The third-order valence-electron chi connectivity index (χ3n) is 4.48. The second-order valence-electron chi connectivity index (χ2n) is 6.17. The minimum Gasteiger partial charge on any atom is -0.464 e. The molecular formula is C18H27NO2. The number of hydrogen-bond donors (Lipinski definition) is 1. The smallest absolute Gasteiger partial charge is 0.331 e. The molecule has 1 aliphatic rings. The summed E-state index contributed by atoms with van der Waals surface area (Å²) in [6.45, 7) is 6.45. The number of carbonyl (C=O) groups is 1. The summed E-state index contributed by atoms with van der Waals surface area (Å²) in [4.78, 5) is 12.8. The number of carbonyl (C=O) groups excluding carboxylic acids is 1. The molecule has 0 bridgehead atoms. The number of benzene rings is 1. The van der Waals surface area contributed by atoms with Crippen molar-refractivity contribution in [3.05, 3.63) is 35.9 Å². The summed E-state index contributed by atoms with van der Waals surface area (Å²) in [5.41, 5.74) is 0.261. The molecule has 21 heavy (non-hydrogen) atoms. The molecule has 1 fully saturated rings. The minimum atomic E-state index is -0.744. The van der Waals surface area contributed by atoms with Crippen LogP contribution in [0.1, 0.15) is 52.0 Å². The Morgan fingerprint density at radius 1 is 1.29 bits per heavy atom. The van der Waals surface area contributed by atoms with Crippen molar-refractivity contribution in [1.29, 1.82) is 0 Å². The number of nitrogens with one attached hydrogen (secondary N) is 1. The van der Waals surface area contributed by atoms with Crippen molar-refractivity contribution in [2.75, 3.05) is 6.61 Å². The Kier molecular flexibility index (Phi) is 5.40. The lowest BCUT2D eigenvalue weighted by atomic mass is 9.79. The first-order valence-corrected chi connectivity index (χ1v) is 8.11. The van der Waals surface area contributed by atoms with Crippen molar-refractivity contribution in [3.8, 4) is 0 Å². The van der Waals surface area contributed by atoms with E-state index in [0.717, 1.165) is 18.4 Å². The molecule has 1 aromatic rings. The van der Waals surface area contributed by atoms with Gasteiger partial charge in [0.05, 0.1) is 6.61 Å². The zero-order chi connectivity index (χ0) is 15.3. The summed E-state index contributed by atoms with van der Waals surface area (Å²) in [6, 6.07) is 10.4. The van der Waals surface area contributed by atoms with Crippen LogP contribution in [-0.4, -0.2) is 18.6 Å². The standard InChI is InChI=1S/C18H27NO2/c1-4-21-17(20)18(14(2)3,15-10-6-5-7-11-15)19-16-12-8-9-13-16/h5-7,10-11,14,16,19H,4,8-9,12-13H2,1-3H3. The third kappa shape index (κ3) is 3.29. The molecule has 1 saturated carbocycles. The first-order valence-electron chi connectivity index (χ1n) is 8.11. The summed E-state index contributed by atoms with van der Waals surface area (Å²) in [7, 11) is 0. The molecule has 0 spiro atoms. The van der Waals surface area contributed by atoms with Crippen LogP contribution < -0.4 is 5.32 Å². The molecule has 1 unspecified atom stereocenters. The molecule has 0 aromatic heterocycles. The van der Waals surface area contributed by atoms with Crippen molar-refractivity contribution >= 4 is 5.97 Å². The fourth-order valence-corrected chi connectivity index (χ4v) is 3.33. The van der Waals surface area contributed by atoms with E-state index in [1.54, 1.807) is 0 Å². The Balaban J connectivity index is 2.40. The van der Waals surface area contributed by atoms with Crippen LogP contribution in [0.2, 0.25) is 0 Å². The average molecular weight is 289 g/mol. The van der Waals surface area contributed by atoms with Gasteiger partial charge in [-0.3, -0.25) is 5.32 Å². The van der Waals surface area contributed by atoms with Gasteiger partial charge in [-0.05, 0) is 31.2 Å². The molecule has 0 heterocycles. The Labute approximate surface area is 128 Å². The highest BCUT2D eigenvalue weighted by Crippen LogP contribution is 2.34. The molecule has 2 rings (SSSR count). The van der Waals surface area contributed by atoms with Crippen LogP contribution in [-0.2, 0) is 15.1 Å². The first kappa shape index (κ1) is 16.0. The van der Waals surface area contributed by atoms with Gasteiger partial charge in [0.15, 0.2) is 0 Å². The maximum atomic E-state index is 12.8. The van der Waals surface area contributed by atoms with Crippen molar-refractivity contribution in [1.82, 2.24) is 5.32 Å². The van der Waals surface area contributed by atoms with E-state index in [1.807, 2.05) is 37.3 Å². The number of esters is 1. The van der Waals surface area contributed by atoms with Gasteiger partial charge < -0.3 is 4.74 Å². The Bertz CT molecular complexity index is 452. The molecule has 1 atom stereocenters. The van der Waals surface area contributed by atoms with E-state index in [1.165, 1.54) is 12.8 Å². The first-order chi connectivity index (χ1) is 10.1. The van der Waals surface area contributed by atoms with Gasteiger partial charge in [0, 0.05) is 6.04 Å². The summed E-state index contributed by atoms with van der Waals surface area (Å²) < 4.78 is 5.43. The molecule has 0 radical (unpaired) electrons. The number of ether oxygens (including phenoxy) is 1. The largest absolute Gasteiger partial charge is 0.464 e. The van der Waals surface area contributed by atoms with Crippen molar-refractivity contribution < 1.29 is 9.53 Å². The Morgan fingerprint density at radius 3 is 2.43 bits per heavy atom. The molecular weight excluding hydrogens is 262 g/mol. The van der Waals surface area contributed by atoms with E-state index in [2.05, 4.69) is 19.2 Å². The zero-order valence-electron chi connectivity index (χ0n) is 13.4. The van der Waals surface area contributed by atoms with Gasteiger partial charge in [0.1, 0.15) is 5.54 Å². The highest BCUT2D eigenvalue weighted by atomic mass is 16.5. The lowest BCUT2D eigenvalue weighted by molar-refractivity contribution is -0.154. The molecule has 3 heteroatoms. The topological polar surface area (TPSA) is 38.3 Å². The van der Waals surface area contributed by atoms with Crippen LogP contribution in [0.5, 0.6) is 0 Å². The van der Waals surface area contributed by atoms with Crippen LogP contribution in [0.25, 0.3) is 0 Å². The zero-order valence-corrected chi connectivity index (χ0v) is 13.4. The van der Waals surface area contributed by atoms with Gasteiger partial charge in [-0.15, -0.1) is 0 Å². The Morgan fingerprint density at radius 2 is 1.90 bits per heavy atom. The van der Waals surface area contributed by atoms with Gasteiger partial charge in [-0.1, -0.05) is 57.0 Å². The van der Waals surface area contributed by atoms with E-state index >= 15 is 0 Å². The highest BCUT2D eigenvalue weighted by Gasteiger charge is 2.46. The highest BCUT2D eigenvalue weighted by molar-refractivity contribution is 5.83. The lowest BCUT2D eigenvalue weighted by Crippen LogP contribution is -2.57. The van der Waals surface area contributed by atoms with E-state index in [4.69, 9.17) is 4.74 Å². The van der Waals surface area contributed by atoms with Gasteiger partial charge in [-0.25, -0.2) is 4.79 Å². The average Bonchev–Trinajstić information content (AvgIpc) is 2.98. The maximum Gasteiger partial charge on any atom is 0.331 e. The molecule has 1 aromatic carbocycles. The SMILES string of the molecule is CCOC(=O)C(NC1CCCC1)(c1ccccc1)C(C)C. The second kappa shape index (κ2) is 7.08. The number of hydrogen-bond acceptors (Lipinski definition) is 3. The van der Waals surface area contributed by atoms with E-state index in [9.17, 15) is 4.79 Å². The second-order valence-corrected chi connectivity index (χ2v) is 6.17. The monoisotopic (exact) mass is 289 g/mol. The van der Waals surface area contributed by atoms with Crippen LogP contribution in [0.3, 0.4) is 0 Å². The predicted octanol–water partition coefficient (Wildman–Crippen LogP) is 3.63. The third-order valence-corrected chi connectivity index (χ3v) is 4.48. The summed E-state index contributed by atoms with van der Waals surface area (Å²) in [6.07, 6.45) is 4.76. The van der Waals surface area contributed by atoms with Crippen LogP contribution in [0, 0.1) is 5.92 Å². The lowest BCUT2D eigenvalue weighted by Gasteiger charge is -2.39. The molecule has 3 nitrogen and oxygen atoms in total. The normalized spacial score (nSPS) is 18.7. The molecule has 1 aliphatic carbocycles. The maximum absolute atomic E-state index is 12.8. The summed E-state index contributed by atoms with van der Waals surface area (Å²) >= 11 is 0. The summed E-state index contributed by atoms with van der Waals surface area (Å²) in [5.74, 6) is -0.0300. The quantitative estimate of drug-likeness (QED) is 0.813. The van der Waals surface area contributed by atoms with Crippen LogP contribution in [0.4, 0.5) is 0 Å². The molecule has 0 saturated heterocycles. The summed E-state index contributed by atoms with van der Waals surface area (Å²) in [5, 5.41) is 3.66. The fraction of sp³-hybridized carbons (Fsp3) is 0.611. The van der Waals surface area contributed by atoms with E-state index < -0.39 is 5.54 Å². The molecule has 0 aliphatic heterocycles. The van der Waals surface area contributed by atoms with Gasteiger partial charge >= 0.3 is 5.97 Å². The van der Waals surface area contributed by atoms with Gasteiger partial charge in [0.2, 0.25) is 0 Å². The fourth-order valence-electron chi connectivity index (χ4n) is 3.33.